The summed E-state index contributed by atoms with van der Waals surface area (Å²) in [5, 5.41) is 0. The average Bonchev–Trinajstić information content (AvgIpc) is 2.69. The Labute approximate surface area is 59.4 Å². The van der Waals surface area contributed by atoms with Crippen LogP contribution in [0, 0.1) is 5.41 Å². The minimum absolute atomic E-state index is 0.236. The van der Waals surface area contributed by atoms with E-state index >= 15 is 0 Å². The summed E-state index contributed by atoms with van der Waals surface area (Å²) in [5.41, 5.74) is -0.420. The number of carbonyl (C=O) groups excluding carboxylic acids is 2. The van der Waals surface area contributed by atoms with Crippen LogP contribution in [0.4, 0.5) is 0 Å². The van der Waals surface area contributed by atoms with Crippen LogP contribution in [0.3, 0.4) is 0 Å². The van der Waals surface area contributed by atoms with Gasteiger partial charge in [0.1, 0.15) is 6.29 Å². The average molecular weight is 142 g/mol. The number of aldehydes is 1. The first-order valence-electron chi connectivity index (χ1n) is 3.27. The molecule has 0 aromatic heterocycles. The van der Waals surface area contributed by atoms with Gasteiger partial charge in [0.2, 0.25) is 0 Å². The third kappa shape index (κ3) is 1.03. The molecule has 0 spiro atoms. The Morgan fingerprint density at radius 2 is 2.30 bits per heavy atom. The molecule has 0 aromatic carbocycles. The molecular weight excluding hydrogens is 132 g/mol. The topological polar surface area (TPSA) is 43.4 Å². The summed E-state index contributed by atoms with van der Waals surface area (Å²) >= 11 is 0. The van der Waals surface area contributed by atoms with E-state index in [4.69, 9.17) is 0 Å². The second-order valence-electron chi connectivity index (χ2n) is 2.64. The van der Waals surface area contributed by atoms with Crippen molar-refractivity contribution in [1.29, 1.82) is 0 Å². The van der Waals surface area contributed by atoms with E-state index < -0.39 is 5.41 Å². The SMILES string of the molecule is COC(=O)C1(CC=O)CC1. The molecule has 1 rings (SSSR count). The molecule has 0 unspecified atom stereocenters. The summed E-state index contributed by atoms with van der Waals surface area (Å²) in [6, 6.07) is 0. The summed E-state index contributed by atoms with van der Waals surface area (Å²) in [5.74, 6) is -0.236. The zero-order chi connectivity index (χ0) is 7.61. The molecule has 0 aliphatic heterocycles. The van der Waals surface area contributed by atoms with E-state index in [1.54, 1.807) is 0 Å². The highest BCUT2D eigenvalue weighted by molar-refractivity contribution is 5.82. The van der Waals surface area contributed by atoms with Crippen LogP contribution in [-0.4, -0.2) is 19.4 Å². The van der Waals surface area contributed by atoms with E-state index in [1.807, 2.05) is 0 Å². The van der Waals surface area contributed by atoms with Crippen LogP contribution < -0.4 is 0 Å². The Hall–Kier alpha value is -0.860. The monoisotopic (exact) mass is 142 g/mol. The quantitative estimate of drug-likeness (QED) is 0.426. The van der Waals surface area contributed by atoms with Crippen LogP contribution in [-0.2, 0) is 14.3 Å². The predicted molar refractivity (Wildman–Crippen MR) is 34.4 cm³/mol. The fourth-order valence-corrected chi connectivity index (χ4v) is 1.02. The number of hydrogen-bond acceptors (Lipinski definition) is 3. The maximum Gasteiger partial charge on any atom is 0.312 e. The number of ether oxygens (including phenoxy) is 1. The van der Waals surface area contributed by atoms with Crippen molar-refractivity contribution in [2.45, 2.75) is 19.3 Å². The molecule has 0 saturated heterocycles. The lowest BCUT2D eigenvalue weighted by Gasteiger charge is -2.06. The van der Waals surface area contributed by atoms with Crippen molar-refractivity contribution in [2.75, 3.05) is 7.11 Å². The van der Waals surface area contributed by atoms with Gasteiger partial charge in [-0.2, -0.15) is 0 Å². The van der Waals surface area contributed by atoms with E-state index in [1.165, 1.54) is 7.11 Å². The second-order valence-corrected chi connectivity index (χ2v) is 2.64. The smallest absolute Gasteiger partial charge is 0.312 e. The van der Waals surface area contributed by atoms with Crippen molar-refractivity contribution in [1.82, 2.24) is 0 Å². The Bertz CT molecular complexity index is 158. The lowest BCUT2D eigenvalue weighted by Crippen LogP contribution is -2.17. The van der Waals surface area contributed by atoms with E-state index in [-0.39, 0.29) is 5.97 Å². The number of esters is 1. The Morgan fingerprint density at radius 1 is 1.70 bits per heavy atom. The van der Waals surface area contributed by atoms with E-state index in [0.29, 0.717) is 6.42 Å². The second kappa shape index (κ2) is 2.40. The molecule has 1 aliphatic rings. The zero-order valence-corrected chi connectivity index (χ0v) is 5.92. The fraction of sp³-hybridized carbons (Fsp3) is 0.714. The fourth-order valence-electron chi connectivity index (χ4n) is 1.02. The number of hydrogen-bond donors (Lipinski definition) is 0. The van der Waals surface area contributed by atoms with Gasteiger partial charge in [-0.25, -0.2) is 0 Å². The van der Waals surface area contributed by atoms with E-state index in [2.05, 4.69) is 4.74 Å². The highest BCUT2D eigenvalue weighted by atomic mass is 16.5. The van der Waals surface area contributed by atoms with Gasteiger partial charge in [-0.15, -0.1) is 0 Å². The first kappa shape index (κ1) is 7.25. The largest absolute Gasteiger partial charge is 0.469 e. The standard InChI is InChI=1S/C7H10O3/c1-10-6(9)7(2-3-7)4-5-8/h5H,2-4H2,1H3. The third-order valence-electron chi connectivity index (χ3n) is 1.95. The first-order valence-corrected chi connectivity index (χ1v) is 3.27. The molecule has 0 amide bonds. The predicted octanol–water partition coefficient (Wildman–Crippen LogP) is 0.529. The van der Waals surface area contributed by atoms with Crippen LogP contribution in [0.1, 0.15) is 19.3 Å². The van der Waals surface area contributed by atoms with Gasteiger partial charge in [0.05, 0.1) is 12.5 Å². The van der Waals surface area contributed by atoms with Gasteiger partial charge < -0.3 is 9.53 Å². The van der Waals surface area contributed by atoms with Crippen LogP contribution >= 0.6 is 0 Å². The summed E-state index contributed by atoms with van der Waals surface area (Å²) in [4.78, 5) is 21.0. The Balaban J connectivity index is 2.51. The first-order chi connectivity index (χ1) is 4.75. The molecule has 1 saturated carbocycles. The molecule has 3 nitrogen and oxygen atoms in total. The Morgan fingerprint density at radius 3 is 2.60 bits per heavy atom. The minimum atomic E-state index is -0.420. The summed E-state index contributed by atoms with van der Waals surface area (Å²) < 4.78 is 4.53. The lowest BCUT2D eigenvalue weighted by molar-refractivity contribution is -0.148. The molecule has 0 bridgehead atoms. The van der Waals surface area contributed by atoms with E-state index in [9.17, 15) is 9.59 Å². The summed E-state index contributed by atoms with van der Waals surface area (Å²) in [6.07, 6.45) is 2.71. The van der Waals surface area contributed by atoms with Crippen LogP contribution in [0.2, 0.25) is 0 Å². The molecule has 10 heavy (non-hydrogen) atoms. The number of rotatable bonds is 3. The molecule has 0 heterocycles. The van der Waals surface area contributed by atoms with Crippen LogP contribution in [0.25, 0.3) is 0 Å². The normalized spacial score (nSPS) is 19.7. The molecular formula is C7H10O3. The van der Waals surface area contributed by atoms with Crippen molar-refractivity contribution in [3.8, 4) is 0 Å². The molecule has 0 N–H and O–H groups in total. The van der Waals surface area contributed by atoms with Gasteiger partial charge >= 0.3 is 5.97 Å². The van der Waals surface area contributed by atoms with Gasteiger partial charge in [0.15, 0.2) is 0 Å². The van der Waals surface area contributed by atoms with Gasteiger partial charge in [-0.3, -0.25) is 4.79 Å². The molecule has 1 aliphatic carbocycles. The molecule has 1 fully saturated rings. The maximum atomic E-state index is 10.9. The third-order valence-corrected chi connectivity index (χ3v) is 1.95. The van der Waals surface area contributed by atoms with Crippen molar-refractivity contribution < 1.29 is 14.3 Å². The summed E-state index contributed by atoms with van der Waals surface area (Å²) in [6.45, 7) is 0. The van der Waals surface area contributed by atoms with Gasteiger partial charge in [-0.05, 0) is 12.8 Å². The van der Waals surface area contributed by atoms with Gasteiger partial charge in [0, 0.05) is 6.42 Å². The van der Waals surface area contributed by atoms with Crippen molar-refractivity contribution in [3.63, 3.8) is 0 Å². The molecule has 3 heteroatoms. The van der Waals surface area contributed by atoms with Crippen molar-refractivity contribution in [2.24, 2.45) is 5.41 Å². The zero-order valence-electron chi connectivity index (χ0n) is 5.92. The lowest BCUT2D eigenvalue weighted by atomic mass is 10.0. The Kier molecular flexibility index (Phi) is 1.74. The highest BCUT2D eigenvalue weighted by Gasteiger charge is 2.50. The highest BCUT2D eigenvalue weighted by Crippen LogP contribution is 2.48. The molecule has 0 radical (unpaired) electrons. The molecule has 56 valence electrons. The maximum absolute atomic E-state index is 10.9. The van der Waals surface area contributed by atoms with Crippen LogP contribution in [0.15, 0.2) is 0 Å². The van der Waals surface area contributed by atoms with Crippen molar-refractivity contribution in [3.05, 3.63) is 0 Å². The van der Waals surface area contributed by atoms with E-state index in [0.717, 1.165) is 19.1 Å². The summed E-state index contributed by atoms with van der Waals surface area (Å²) in [7, 11) is 1.35. The number of methoxy groups -OCH3 is 1. The van der Waals surface area contributed by atoms with Crippen LogP contribution in [0.5, 0.6) is 0 Å². The molecule has 0 atom stereocenters. The van der Waals surface area contributed by atoms with Gasteiger partial charge in [0.25, 0.3) is 0 Å². The number of carbonyl (C=O) groups is 2. The molecule has 0 aromatic rings. The van der Waals surface area contributed by atoms with Gasteiger partial charge in [-0.1, -0.05) is 0 Å². The van der Waals surface area contributed by atoms with Crippen molar-refractivity contribution >= 4 is 12.3 Å². The minimum Gasteiger partial charge on any atom is -0.469 e.